The second kappa shape index (κ2) is 8.98. The van der Waals surface area contributed by atoms with Crippen LogP contribution < -0.4 is 4.90 Å². The Kier molecular flexibility index (Phi) is 6.39. The van der Waals surface area contributed by atoms with E-state index in [0.717, 1.165) is 6.07 Å². The molecule has 1 saturated heterocycles. The molecular formula is C21H21F2N3O4. The van der Waals surface area contributed by atoms with Gasteiger partial charge in [-0.1, -0.05) is 13.0 Å². The van der Waals surface area contributed by atoms with Gasteiger partial charge in [0.2, 0.25) is 5.82 Å². The molecule has 0 radical (unpaired) electrons. The van der Waals surface area contributed by atoms with Crippen molar-refractivity contribution in [2.24, 2.45) is 0 Å². The minimum Gasteiger partial charge on any atom is -0.366 e. The first-order chi connectivity index (χ1) is 14.3. The first kappa shape index (κ1) is 21.4. The number of nitro benzene ring substituents is 1. The lowest BCUT2D eigenvalue weighted by Gasteiger charge is -2.36. The lowest BCUT2D eigenvalue weighted by Crippen LogP contribution is -2.49. The van der Waals surface area contributed by atoms with Gasteiger partial charge < -0.3 is 9.80 Å². The molecule has 0 bridgehead atoms. The van der Waals surface area contributed by atoms with Gasteiger partial charge in [0.05, 0.1) is 16.2 Å². The summed E-state index contributed by atoms with van der Waals surface area (Å²) in [5, 5.41) is 10.9. The third kappa shape index (κ3) is 4.29. The van der Waals surface area contributed by atoms with Gasteiger partial charge >= 0.3 is 5.69 Å². The molecule has 0 N–H and O–H groups in total. The molecule has 3 rings (SSSR count). The van der Waals surface area contributed by atoms with E-state index in [9.17, 15) is 28.5 Å². The molecule has 0 atom stereocenters. The number of nitrogens with zero attached hydrogens (tertiary/aromatic N) is 3. The lowest BCUT2D eigenvalue weighted by molar-refractivity contribution is -0.387. The minimum absolute atomic E-state index is 0.114. The SMILES string of the molecule is CCCC(=O)c1ccc(N2CCN(C(=O)c3cccc([N+](=O)[O-])c3F)CC2)c(F)c1. The molecule has 0 unspecified atom stereocenters. The van der Waals surface area contributed by atoms with Crippen molar-refractivity contribution in [3.63, 3.8) is 0 Å². The minimum atomic E-state index is -1.16. The molecule has 0 aromatic heterocycles. The number of Topliss-reactive ketones (excluding diaryl/α,β-unsaturated/α-hetero) is 1. The van der Waals surface area contributed by atoms with Crippen LogP contribution in [0.3, 0.4) is 0 Å². The Bertz CT molecular complexity index is 988. The fourth-order valence-corrected chi connectivity index (χ4v) is 3.45. The van der Waals surface area contributed by atoms with Gasteiger partial charge in [-0.3, -0.25) is 19.7 Å². The third-order valence-electron chi connectivity index (χ3n) is 5.06. The molecule has 0 spiro atoms. The van der Waals surface area contributed by atoms with Crippen LogP contribution in [-0.2, 0) is 0 Å². The highest BCUT2D eigenvalue weighted by Gasteiger charge is 2.28. The number of benzene rings is 2. The van der Waals surface area contributed by atoms with E-state index in [-0.39, 0.29) is 24.4 Å². The van der Waals surface area contributed by atoms with Gasteiger partial charge in [-0.2, -0.15) is 4.39 Å². The highest BCUT2D eigenvalue weighted by molar-refractivity contribution is 5.96. The molecule has 1 amide bonds. The quantitative estimate of drug-likeness (QED) is 0.405. The summed E-state index contributed by atoms with van der Waals surface area (Å²) in [5.74, 6) is -2.43. The molecular weight excluding hydrogens is 396 g/mol. The molecule has 0 aliphatic carbocycles. The van der Waals surface area contributed by atoms with Crippen molar-refractivity contribution in [3.05, 3.63) is 69.3 Å². The summed E-state index contributed by atoms with van der Waals surface area (Å²) >= 11 is 0. The number of anilines is 1. The molecule has 9 heteroatoms. The van der Waals surface area contributed by atoms with E-state index in [4.69, 9.17) is 0 Å². The topological polar surface area (TPSA) is 83.8 Å². The molecule has 30 heavy (non-hydrogen) atoms. The predicted octanol–water partition coefficient (Wildman–Crippen LogP) is 3.82. The lowest BCUT2D eigenvalue weighted by atomic mass is 10.1. The van der Waals surface area contributed by atoms with Crippen LogP contribution in [0.2, 0.25) is 0 Å². The Balaban J connectivity index is 1.69. The van der Waals surface area contributed by atoms with E-state index in [1.165, 1.54) is 23.1 Å². The largest absolute Gasteiger partial charge is 0.366 e. The average molecular weight is 417 g/mol. The second-order valence-corrected chi connectivity index (χ2v) is 7.01. The molecule has 1 fully saturated rings. The van der Waals surface area contributed by atoms with E-state index >= 15 is 0 Å². The molecule has 1 aliphatic heterocycles. The number of hydrogen-bond acceptors (Lipinski definition) is 5. The average Bonchev–Trinajstić information content (AvgIpc) is 2.73. The molecule has 2 aromatic carbocycles. The Hall–Kier alpha value is -3.36. The van der Waals surface area contributed by atoms with E-state index in [0.29, 0.717) is 37.2 Å². The van der Waals surface area contributed by atoms with Crippen LogP contribution in [0.25, 0.3) is 0 Å². The number of piperazine rings is 1. The van der Waals surface area contributed by atoms with Crippen LogP contribution in [-0.4, -0.2) is 47.7 Å². The zero-order valence-corrected chi connectivity index (χ0v) is 16.4. The third-order valence-corrected chi connectivity index (χ3v) is 5.06. The smallest absolute Gasteiger partial charge is 0.305 e. The summed E-state index contributed by atoms with van der Waals surface area (Å²) in [6, 6.07) is 7.84. The van der Waals surface area contributed by atoms with Crippen LogP contribution in [0, 0.1) is 21.7 Å². The number of nitro groups is 1. The summed E-state index contributed by atoms with van der Waals surface area (Å²) < 4.78 is 28.8. The molecule has 158 valence electrons. The fraction of sp³-hybridized carbons (Fsp3) is 0.333. The van der Waals surface area contributed by atoms with Crippen molar-refractivity contribution in [3.8, 4) is 0 Å². The Morgan fingerprint density at radius 1 is 1.10 bits per heavy atom. The number of carbonyl (C=O) groups is 2. The maximum atomic E-state index is 14.5. The van der Waals surface area contributed by atoms with Gasteiger partial charge in [-0.25, -0.2) is 4.39 Å². The van der Waals surface area contributed by atoms with Crippen molar-refractivity contribution < 1.29 is 23.3 Å². The van der Waals surface area contributed by atoms with Crippen molar-refractivity contribution in [1.29, 1.82) is 0 Å². The molecule has 1 aliphatic rings. The molecule has 7 nitrogen and oxygen atoms in total. The van der Waals surface area contributed by atoms with Crippen molar-refractivity contribution in [2.45, 2.75) is 19.8 Å². The Labute approximate surface area is 172 Å². The van der Waals surface area contributed by atoms with E-state index in [2.05, 4.69) is 0 Å². The summed E-state index contributed by atoms with van der Waals surface area (Å²) in [4.78, 5) is 37.7. The molecule has 0 saturated carbocycles. The monoisotopic (exact) mass is 417 g/mol. The Morgan fingerprint density at radius 3 is 2.40 bits per heavy atom. The first-order valence-corrected chi connectivity index (χ1v) is 9.63. The first-order valence-electron chi connectivity index (χ1n) is 9.63. The Morgan fingerprint density at radius 2 is 1.80 bits per heavy atom. The highest BCUT2D eigenvalue weighted by atomic mass is 19.1. The van der Waals surface area contributed by atoms with Crippen molar-refractivity contribution >= 4 is 23.1 Å². The van der Waals surface area contributed by atoms with E-state index in [1.807, 2.05) is 6.92 Å². The van der Waals surface area contributed by atoms with Gasteiger partial charge in [-0.05, 0) is 30.7 Å². The van der Waals surface area contributed by atoms with Crippen molar-refractivity contribution in [2.75, 3.05) is 31.1 Å². The number of carbonyl (C=O) groups excluding carboxylic acids is 2. The number of ketones is 1. The van der Waals surface area contributed by atoms with Gasteiger partial charge in [0.1, 0.15) is 5.82 Å². The second-order valence-electron chi connectivity index (χ2n) is 7.01. The normalized spacial score (nSPS) is 14.0. The van der Waals surface area contributed by atoms with Crippen LogP contribution in [0.1, 0.15) is 40.5 Å². The molecule has 2 aromatic rings. The van der Waals surface area contributed by atoms with Crippen molar-refractivity contribution in [1.82, 2.24) is 4.90 Å². The fourth-order valence-electron chi connectivity index (χ4n) is 3.45. The summed E-state index contributed by atoms with van der Waals surface area (Å²) in [5.41, 5.74) is -0.452. The standard InChI is InChI=1S/C21H21F2N3O4/c1-2-4-19(27)14-7-8-17(16(22)13-14)24-9-11-25(12-10-24)21(28)15-5-3-6-18(20(15)23)26(29)30/h3,5-8,13H,2,4,9-12H2,1H3. The highest BCUT2D eigenvalue weighted by Crippen LogP contribution is 2.25. The van der Waals surface area contributed by atoms with Gasteiger partial charge in [-0.15, -0.1) is 0 Å². The van der Waals surface area contributed by atoms with Gasteiger partial charge in [0.15, 0.2) is 5.78 Å². The zero-order chi connectivity index (χ0) is 21.8. The van der Waals surface area contributed by atoms with Gasteiger partial charge in [0, 0.05) is 44.2 Å². The number of hydrogen-bond donors (Lipinski definition) is 0. The predicted molar refractivity (Wildman–Crippen MR) is 107 cm³/mol. The van der Waals surface area contributed by atoms with E-state index in [1.54, 1.807) is 17.0 Å². The number of rotatable bonds is 6. The van der Waals surface area contributed by atoms with Gasteiger partial charge in [0.25, 0.3) is 5.91 Å². The van der Waals surface area contributed by atoms with Crippen LogP contribution >= 0.6 is 0 Å². The molecule has 1 heterocycles. The maximum absolute atomic E-state index is 14.5. The maximum Gasteiger partial charge on any atom is 0.305 e. The van der Waals surface area contributed by atoms with Crippen LogP contribution in [0.5, 0.6) is 0 Å². The summed E-state index contributed by atoms with van der Waals surface area (Å²) in [7, 11) is 0. The summed E-state index contributed by atoms with van der Waals surface area (Å²) in [6.45, 7) is 2.90. The van der Waals surface area contributed by atoms with Crippen LogP contribution in [0.4, 0.5) is 20.2 Å². The number of halogens is 2. The summed E-state index contributed by atoms with van der Waals surface area (Å²) in [6.07, 6.45) is 1.04. The number of amides is 1. The zero-order valence-electron chi connectivity index (χ0n) is 16.4. The van der Waals surface area contributed by atoms with Crippen LogP contribution in [0.15, 0.2) is 36.4 Å². The van der Waals surface area contributed by atoms with E-state index < -0.39 is 28.2 Å².